The number of sulfonamides is 1. The molecule has 1 amide bonds. The van der Waals surface area contributed by atoms with E-state index in [1.165, 1.54) is 18.2 Å². The van der Waals surface area contributed by atoms with Gasteiger partial charge in [0.05, 0.1) is 9.92 Å². The van der Waals surface area contributed by atoms with Crippen molar-refractivity contribution in [2.24, 2.45) is 0 Å². The fraction of sp³-hybridized carbons (Fsp3) is 0.174. The van der Waals surface area contributed by atoms with E-state index in [2.05, 4.69) is 10.0 Å². The van der Waals surface area contributed by atoms with Gasteiger partial charge in [-0.05, 0) is 42.8 Å². The number of hydrogen-bond acceptors (Lipinski definition) is 6. The van der Waals surface area contributed by atoms with Crippen molar-refractivity contribution < 1.29 is 27.4 Å². The first-order valence-electron chi connectivity index (χ1n) is 10.0. The fourth-order valence-corrected chi connectivity index (χ4v) is 4.75. The number of ether oxygens (including phenoxy) is 3. The van der Waals surface area contributed by atoms with Crippen molar-refractivity contribution in [1.82, 2.24) is 4.72 Å². The number of rotatable bonds is 8. The minimum Gasteiger partial charge on any atom is -0.482 e. The van der Waals surface area contributed by atoms with Gasteiger partial charge in [-0.15, -0.1) is 0 Å². The van der Waals surface area contributed by atoms with E-state index in [1.54, 1.807) is 25.1 Å². The Morgan fingerprint density at radius 3 is 2.58 bits per heavy atom. The molecule has 33 heavy (non-hydrogen) atoms. The van der Waals surface area contributed by atoms with Crippen molar-refractivity contribution in [1.29, 1.82) is 0 Å². The van der Waals surface area contributed by atoms with Crippen LogP contribution in [-0.4, -0.2) is 27.7 Å². The topological polar surface area (TPSA) is 103 Å². The number of amides is 1. The number of benzene rings is 3. The molecule has 1 heterocycles. The molecule has 0 bridgehead atoms. The van der Waals surface area contributed by atoms with Crippen LogP contribution in [0.2, 0.25) is 5.02 Å². The number of anilines is 1. The molecular formula is C23H21ClN2O6S. The molecule has 0 spiro atoms. The summed E-state index contributed by atoms with van der Waals surface area (Å²) >= 11 is 6.22. The molecule has 1 aliphatic heterocycles. The molecule has 0 saturated heterocycles. The summed E-state index contributed by atoms with van der Waals surface area (Å²) in [5.74, 6) is 0.926. The summed E-state index contributed by atoms with van der Waals surface area (Å²) in [6, 6.07) is 17.9. The van der Waals surface area contributed by atoms with Crippen LogP contribution >= 0.6 is 11.6 Å². The standard InChI is InChI=1S/C23H21ClN2O6S/c1-15(16-5-3-2-4-6-16)26-33(28,29)18-8-10-20(19(24)12-18)30-13-23(27)25-17-7-9-21-22(11-17)32-14-31-21/h2-12,15,26H,13-14H2,1H3,(H,25,27)/t15-/m1/s1. The summed E-state index contributed by atoms with van der Waals surface area (Å²) in [4.78, 5) is 12.2. The Labute approximate surface area is 196 Å². The van der Waals surface area contributed by atoms with E-state index in [1.807, 2.05) is 30.3 Å². The molecule has 0 aromatic heterocycles. The number of carbonyl (C=O) groups is 1. The van der Waals surface area contributed by atoms with Gasteiger partial charge >= 0.3 is 0 Å². The minimum absolute atomic E-state index is 0.00700. The van der Waals surface area contributed by atoms with Crippen molar-refractivity contribution in [3.05, 3.63) is 77.3 Å². The van der Waals surface area contributed by atoms with Gasteiger partial charge in [-0.25, -0.2) is 13.1 Å². The maximum atomic E-state index is 12.7. The Morgan fingerprint density at radius 1 is 1.06 bits per heavy atom. The number of nitrogens with one attached hydrogen (secondary N) is 2. The Bertz CT molecular complexity index is 1270. The van der Waals surface area contributed by atoms with Gasteiger partial charge in [0, 0.05) is 17.8 Å². The number of hydrogen-bond donors (Lipinski definition) is 2. The molecule has 2 N–H and O–H groups in total. The Morgan fingerprint density at radius 2 is 1.82 bits per heavy atom. The largest absolute Gasteiger partial charge is 0.482 e. The van der Waals surface area contributed by atoms with Crippen LogP contribution in [-0.2, 0) is 14.8 Å². The molecule has 10 heteroatoms. The normalized spacial score (nSPS) is 13.4. The maximum Gasteiger partial charge on any atom is 0.262 e. The van der Waals surface area contributed by atoms with Crippen molar-refractivity contribution in [2.45, 2.75) is 17.9 Å². The monoisotopic (exact) mass is 488 g/mol. The van der Waals surface area contributed by atoms with Crippen LogP contribution < -0.4 is 24.2 Å². The third kappa shape index (κ3) is 5.57. The SMILES string of the molecule is C[C@@H](NS(=O)(=O)c1ccc(OCC(=O)Nc2ccc3c(c2)OCO3)c(Cl)c1)c1ccccc1. The maximum absolute atomic E-state index is 12.7. The first kappa shape index (κ1) is 22.9. The van der Waals surface area contributed by atoms with E-state index in [0.29, 0.717) is 17.2 Å². The predicted octanol–water partition coefficient (Wildman–Crippen LogP) is 4.13. The van der Waals surface area contributed by atoms with Crippen LogP contribution in [0.25, 0.3) is 0 Å². The van der Waals surface area contributed by atoms with Gasteiger partial charge in [0.1, 0.15) is 5.75 Å². The zero-order valence-electron chi connectivity index (χ0n) is 17.6. The number of halogens is 1. The molecule has 0 aliphatic carbocycles. The Kier molecular flexibility index (Phi) is 6.73. The fourth-order valence-electron chi connectivity index (χ4n) is 3.19. The second-order valence-corrected chi connectivity index (χ2v) is 9.37. The van der Waals surface area contributed by atoms with Crippen LogP contribution in [0, 0.1) is 0 Å². The molecule has 172 valence electrons. The van der Waals surface area contributed by atoms with Gasteiger partial charge in [0.15, 0.2) is 18.1 Å². The Balaban J connectivity index is 1.36. The summed E-state index contributed by atoms with van der Waals surface area (Å²) in [5, 5.41) is 2.76. The quantitative estimate of drug-likeness (QED) is 0.494. The lowest BCUT2D eigenvalue weighted by molar-refractivity contribution is -0.118. The van der Waals surface area contributed by atoms with E-state index in [9.17, 15) is 13.2 Å². The van der Waals surface area contributed by atoms with Gasteiger partial charge in [0.25, 0.3) is 5.91 Å². The van der Waals surface area contributed by atoms with E-state index < -0.39 is 22.0 Å². The smallest absolute Gasteiger partial charge is 0.262 e. The first-order chi connectivity index (χ1) is 15.8. The van der Waals surface area contributed by atoms with Gasteiger partial charge in [-0.3, -0.25) is 4.79 Å². The first-order valence-corrected chi connectivity index (χ1v) is 11.9. The molecule has 8 nitrogen and oxygen atoms in total. The minimum atomic E-state index is -3.82. The zero-order chi connectivity index (χ0) is 23.4. The lowest BCUT2D eigenvalue weighted by Gasteiger charge is -2.15. The molecule has 0 saturated carbocycles. The Hall–Kier alpha value is -3.27. The van der Waals surface area contributed by atoms with Crippen molar-refractivity contribution in [3.63, 3.8) is 0 Å². The van der Waals surface area contributed by atoms with E-state index in [4.69, 9.17) is 25.8 Å². The molecule has 1 atom stereocenters. The number of fused-ring (bicyclic) bond motifs is 1. The van der Waals surface area contributed by atoms with Gasteiger partial charge in [0.2, 0.25) is 16.8 Å². The van der Waals surface area contributed by atoms with Crippen LogP contribution in [0.15, 0.2) is 71.6 Å². The molecule has 4 rings (SSSR count). The van der Waals surface area contributed by atoms with Crippen LogP contribution in [0.3, 0.4) is 0 Å². The van der Waals surface area contributed by atoms with Crippen LogP contribution in [0.4, 0.5) is 5.69 Å². The average molecular weight is 489 g/mol. The third-order valence-corrected chi connectivity index (χ3v) is 6.69. The highest BCUT2D eigenvalue weighted by Crippen LogP contribution is 2.34. The van der Waals surface area contributed by atoms with E-state index in [0.717, 1.165) is 5.56 Å². The van der Waals surface area contributed by atoms with Crippen molar-refractivity contribution in [2.75, 3.05) is 18.7 Å². The molecule has 0 radical (unpaired) electrons. The van der Waals surface area contributed by atoms with Gasteiger partial charge in [-0.2, -0.15) is 0 Å². The van der Waals surface area contributed by atoms with Crippen molar-refractivity contribution in [3.8, 4) is 17.2 Å². The zero-order valence-corrected chi connectivity index (χ0v) is 19.2. The summed E-state index contributed by atoms with van der Waals surface area (Å²) in [6.45, 7) is 1.58. The molecule has 3 aromatic carbocycles. The molecule has 3 aromatic rings. The van der Waals surface area contributed by atoms with Gasteiger partial charge < -0.3 is 19.5 Å². The third-order valence-electron chi connectivity index (χ3n) is 4.86. The highest BCUT2D eigenvalue weighted by atomic mass is 35.5. The lowest BCUT2D eigenvalue weighted by atomic mass is 10.1. The van der Waals surface area contributed by atoms with Crippen LogP contribution in [0.1, 0.15) is 18.5 Å². The summed E-state index contributed by atoms with van der Waals surface area (Å²) in [6.07, 6.45) is 0. The van der Waals surface area contributed by atoms with Gasteiger partial charge in [-0.1, -0.05) is 41.9 Å². The molecular weight excluding hydrogens is 468 g/mol. The van der Waals surface area contributed by atoms with Crippen molar-refractivity contribution >= 4 is 33.2 Å². The van der Waals surface area contributed by atoms with E-state index in [-0.39, 0.29) is 29.1 Å². The highest BCUT2D eigenvalue weighted by molar-refractivity contribution is 7.89. The second-order valence-electron chi connectivity index (χ2n) is 7.25. The summed E-state index contributed by atoms with van der Waals surface area (Å²) in [5.41, 5.74) is 1.36. The predicted molar refractivity (Wildman–Crippen MR) is 123 cm³/mol. The summed E-state index contributed by atoms with van der Waals surface area (Å²) in [7, 11) is -3.82. The molecule has 1 aliphatic rings. The highest BCUT2D eigenvalue weighted by Gasteiger charge is 2.20. The lowest BCUT2D eigenvalue weighted by Crippen LogP contribution is -2.27. The number of carbonyl (C=O) groups excluding carboxylic acids is 1. The average Bonchev–Trinajstić information content (AvgIpc) is 3.26. The summed E-state index contributed by atoms with van der Waals surface area (Å²) < 4.78 is 44.1. The molecule has 0 unspecified atom stereocenters. The van der Waals surface area contributed by atoms with E-state index >= 15 is 0 Å². The molecule has 0 fully saturated rings. The second kappa shape index (κ2) is 9.70. The van der Waals surface area contributed by atoms with Crippen LogP contribution in [0.5, 0.6) is 17.2 Å².